The molecule has 1 amide bonds. The summed E-state index contributed by atoms with van der Waals surface area (Å²) < 4.78 is 11.3. The van der Waals surface area contributed by atoms with Gasteiger partial charge in [0.2, 0.25) is 11.7 Å². The van der Waals surface area contributed by atoms with Crippen molar-refractivity contribution in [2.45, 2.75) is 26.3 Å². The minimum Gasteiger partial charge on any atom is -0.494 e. The van der Waals surface area contributed by atoms with E-state index in [1.54, 1.807) is 6.20 Å². The van der Waals surface area contributed by atoms with E-state index in [9.17, 15) is 4.79 Å². The zero-order valence-corrected chi connectivity index (χ0v) is 20.3. The molecule has 0 atom stereocenters. The molecule has 3 heterocycles. The summed E-state index contributed by atoms with van der Waals surface area (Å²) in [6, 6.07) is 21.4. The smallest absolute Gasteiger partial charge is 0.261 e. The van der Waals surface area contributed by atoms with Crippen molar-refractivity contribution in [2.75, 3.05) is 24.6 Å². The van der Waals surface area contributed by atoms with E-state index in [0.29, 0.717) is 24.9 Å². The highest BCUT2D eigenvalue weighted by atomic mass is 16.5. The Balaban J connectivity index is 1.22. The lowest BCUT2D eigenvalue weighted by Gasteiger charge is -2.32. The maximum absolute atomic E-state index is 12.9. The normalized spacial score (nSPS) is 14.0. The standard InChI is InChI=1S/C28H29N5O3/c1-2-35-24-13-7-6-11-22(24)19-30-27(34)21-14-17-33(18-15-21)26-23(12-8-16-29-26)28-31-25(32-36-28)20-9-4-3-5-10-20/h3-13,16,21H,2,14-15,17-19H2,1H3,(H,30,34). The van der Waals surface area contributed by atoms with E-state index in [-0.39, 0.29) is 11.8 Å². The highest BCUT2D eigenvalue weighted by molar-refractivity contribution is 5.79. The van der Waals surface area contributed by atoms with Crippen LogP contribution in [0.1, 0.15) is 25.3 Å². The third-order valence-electron chi connectivity index (χ3n) is 6.37. The first-order valence-corrected chi connectivity index (χ1v) is 12.3. The number of para-hydroxylation sites is 1. The van der Waals surface area contributed by atoms with Gasteiger partial charge in [0.05, 0.1) is 12.2 Å². The average molecular weight is 484 g/mol. The summed E-state index contributed by atoms with van der Waals surface area (Å²) in [6.07, 6.45) is 3.25. The summed E-state index contributed by atoms with van der Waals surface area (Å²) in [7, 11) is 0. The van der Waals surface area contributed by atoms with Gasteiger partial charge in [-0.15, -0.1) is 0 Å². The van der Waals surface area contributed by atoms with Crippen LogP contribution in [0.15, 0.2) is 77.4 Å². The average Bonchev–Trinajstić information content (AvgIpc) is 3.44. The molecule has 2 aromatic carbocycles. The molecular weight excluding hydrogens is 454 g/mol. The van der Waals surface area contributed by atoms with Gasteiger partial charge in [-0.25, -0.2) is 4.98 Å². The predicted octanol–water partition coefficient (Wildman–Crippen LogP) is 4.73. The van der Waals surface area contributed by atoms with E-state index in [1.165, 1.54) is 0 Å². The summed E-state index contributed by atoms with van der Waals surface area (Å²) in [6.45, 7) is 4.45. The predicted molar refractivity (Wildman–Crippen MR) is 137 cm³/mol. The second kappa shape index (κ2) is 11.0. The molecule has 0 aliphatic carbocycles. The Morgan fingerprint density at radius 2 is 1.83 bits per heavy atom. The molecule has 0 bridgehead atoms. The van der Waals surface area contributed by atoms with Crippen LogP contribution in [0.5, 0.6) is 5.75 Å². The lowest BCUT2D eigenvalue weighted by molar-refractivity contribution is -0.125. The van der Waals surface area contributed by atoms with Crippen molar-refractivity contribution in [1.29, 1.82) is 0 Å². The Morgan fingerprint density at radius 3 is 2.64 bits per heavy atom. The SMILES string of the molecule is CCOc1ccccc1CNC(=O)C1CCN(c2ncccc2-c2nc(-c3ccccc3)no2)CC1. The molecule has 1 aliphatic rings. The first kappa shape index (κ1) is 23.5. The van der Waals surface area contributed by atoms with Gasteiger partial charge in [-0.05, 0) is 38.0 Å². The molecule has 8 nitrogen and oxygen atoms in total. The lowest BCUT2D eigenvalue weighted by Crippen LogP contribution is -2.40. The fraction of sp³-hybridized carbons (Fsp3) is 0.286. The Morgan fingerprint density at radius 1 is 1.06 bits per heavy atom. The van der Waals surface area contributed by atoms with Crippen molar-refractivity contribution in [2.24, 2.45) is 5.92 Å². The number of carbonyl (C=O) groups is 1. The monoisotopic (exact) mass is 483 g/mol. The fourth-order valence-corrected chi connectivity index (χ4v) is 4.48. The minimum absolute atomic E-state index is 0.0410. The molecule has 184 valence electrons. The topological polar surface area (TPSA) is 93.4 Å². The van der Waals surface area contributed by atoms with E-state index in [0.717, 1.165) is 54.2 Å². The number of ether oxygens (including phenoxy) is 1. The van der Waals surface area contributed by atoms with E-state index < -0.39 is 0 Å². The van der Waals surface area contributed by atoms with Gasteiger partial charge in [0, 0.05) is 42.9 Å². The van der Waals surface area contributed by atoms with E-state index in [4.69, 9.17) is 9.26 Å². The maximum atomic E-state index is 12.9. The largest absolute Gasteiger partial charge is 0.494 e. The van der Waals surface area contributed by atoms with Gasteiger partial charge in [-0.2, -0.15) is 4.98 Å². The number of carbonyl (C=O) groups excluding carboxylic acids is 1. The van der Waals surface area contributed by atoms with Crippen molar-refractivity contribution in [3.05, 3.63) is 78.5 Å². The molecular formula is C28H29N5O3. The Hall–Kier alpha value is -4.20. The Labute approximate surface area is 210 Å². The second-order valence-electron chi connectivity index (χ2n) is 8.68. The number of anilines is 1. The lowest BCUT2D eigenvalue weighted by atomic mass is 9.95. The molecule has 0 unspecified atom stereocenters. The van der Waals surface area contributed by atoms with E-state index in [1.807, 2.05) is 73.7 Å². The van der Waals surface area contributed by atoms with Crippen molar-refractivity contribution in [3.8, 4) is 28.6 Å². The third-order valence-corrected chi connectivity index (χ3v) is 6.37. The fourth-order valence-electron chi connectivity index (χ4n) is 4.48. The van der Waals surface area contributed by atoms with Gasteiger partial charge >= 0.3 is 0 Å². The summed E-state index contributed by atoms with van der Waals surface area (Å²) in [5, 5.41) is 7.24. The molecule has 4 aromatic rings. The Kier molecular flexibility index (Phi) is 7.21. The molecule has 0 radical (unpaired) electrons. The second-order valence-corrected chi connectivity index (χ2v) is 8.68. The molecule has 1 fully saturated rings. The van der Waals surface area contributed by atoms with Crippen molar-refractivity contribution < 1.29 is 14.1 Å². The van der Waals surface area contributed by atoms with Crippen LogP contribution >= 0.6 is 0 Å². The maximum Gasteiger partial charge on any atom is 0.261 e. The number of piperidine rings is 1. The summed E-state index contributed by atoms with van der Waals surface area (Å²) >= 11 is 0. The number of nitrogens with zero attached hydrogens (tertiary/aromatic N) is 4. The highest BCUT2D eigenvalue weighted by Gasteiger charge is 2.28. The zero-order chi connectivity index (χ0) is 24.7. The van der Waals surface area contributed by atoms with Crippen LogP contribution in [0.2, 0.25) is 0 Å². The molecule has 2 aromatic heterocycles. The molecule has 1 N–H and O–H groups in total. The summed E-state index contributed by atoms with van der Waals surface area (Å²) in [5.74, 6) is 2.62. The molecule has 5 rings (SSSR count). The minimum atomic E-state index is -0.0410. The van der Waals surface area contributed by atoms with Gasteiger partial charge in [0.25, 0.3) is 5.89 Å². The van der Waals surface area contributed by atoms with Gasteiger partial charge in [0.1, 0.15) is 11.6 Å². The number of amides is 1. The van der Waals surface area contributed by atoms with Crippen molar-refractivity contribution in [1.82, 2.24) is 20.4 Å². The number of nitrogens with one attached hydrogen (secondary N) is 1. The van der Waals surface area contributed by atoms with Crippen molar-refractivity contribution >= 4 is 11.7 Å². The third kappa shape index (κ3) is 5.22. The number of hydrogen-bond donors (Lipinski definition) is 1. The highest BCUT2D eigenvalue weighted by Crippen LogP contribution is 2.32. The van der Waals surface area contributed by atoms with Gasteiger partial charge in [0.15, 0.2) is 0 Å². The summed E-state index contributed by atoms with van der Waals surface area (Å²) in [5.41, 5.74) is 2.67. The molecule has 1 saturated heterocycles. The molecule has 8 heteroatoms. The van der Waals surface area contributed by atoms with Crippen LogP contribution in [-0.4, -0.2) is 40.7 Å². The molecule has 0 saturated carbocycles. The van der Waals surface area contributed by atoms with Crippen LogP contribution in [0.25, 0.3) is 22.8 Å². The number of rotatable bonds is 8. The zero-order valence-electron chi connectivity index (χ0n) is 20.3. The van der Waals surface area contributed by atoms with Crippen LogP contribution in [-0.2, 0) is 11.3 Å². The molecule has 0 spiro atoms. The van der Waals surface area contributed by atoms with Gasteiger partial charge < -0.3 is 19.5 Å². The van der Waals surface area contributed by atoms with E-state index in [2.05, 4.69) is 25.3 Å². The molecule has 1 aliphatic heterocycles. The van der Waals surface area contributed by atoms with Gasteiger partial charge in [-0.1, -0.05) is 53.7 Å². The van der Waals surface area contributed by atoms with Crippen LogP contribution < -0.4 is 15.0 Å². The van der Waals surface area contributed by atoms with Crippen molar-refractivity contribution in [3.63, 3.8) is 0 Å². The first-order valence-electron chi connectivity index (χ1n) is 12.3. The number of pyridine rings is 1. The van der Waals surface area contributed by atoms with E-state index >= 15 is 0 Å². The van der Waals surface area contributed by atoms with Gasteiger partial charge in [-0.3, -0.25) is 4.79 Å². The van der Waals surface area contributed by atoms with Crippen LogP contribution in [0, 0.1) is 5.92 Å². The quantitative estimate of drug-likeness (QED) is 0.387. The summed E-state index contributed by atoms with van der Waals surface area (Å²) in [4.78, 5) is 24.3. The van der Waals surface area contributed by atoms with Crippen LogP contribution in [0.4, 0.5) is 5.82 Å². The Bertz CT molecular complexity index is 1300. The molecule has 36 heavy (non-hydrogen) atoms. The number of hydrogen-bond acceptors (Lipinski definition) is 7. The van der Waals surface area contributed by atoms with Crippen LogP contribution in [0.3, 0.4) is 0 Å². The first-order chi connectivity index (χ1) is 17.7. The number of aromatic nitrogens is 3. The number of benzene rings is 2.